The normalized spacial score (nSPS) is 12.7. The van der Waals surface area contributed by atoms with Gasteiger partial charge in [-0.15, -0.1) is 0 Å². The zero-order valence-corrected chi connectivity index (χ0v) is 26.1. The van der Waals surface area contributed by atoms with Crippen LogP contribution in [0, 0.1) is 0 Å². The van der Waals surface area contributed by atoms with Gasteiger partial charge in [0.25, 0.3) is 0 Å². The number of halogens is 2. The van der Waals surface area contributed by atoms with E-state index >= 15 is 0 Å². The monoisotopic (exact) mass is 664 g/mol. The van der Waals surface area contributed by atoms with E-state index in [1.165, 1.54) is 0 Å². The van der Waals surface area contributed by atoms with E-state index in [-0.39, 0.29) is 11.5 Å². The van der Waals surface area contributed by atoms with E-state index in [9.17, 15) is 10.2 Å². The molecule has 4 aromatic carbocycles. The van der Waals surface area contributed by atoms with Gasteiger partial charge in [-0.25, -0.2) is 0 Å². The summed E-state index contributed by atoms with van der Waals surface area (Å²) in [6.07, 6.45) is 3.85. The fourth-order valence-electron chi connectivity index (χ4n) is 5.41. The zero-order chi connectivity index (χ0) is 28.2. The van der Waals surface area contributed by atoms with E-state index < -0.39 is 0 Å². The number of phenols is 2. The predicted molar refractivity (Wildman–Crippen MR) is 167 cm³/mol. The Balaban J connectivity index is 1.76. The SMILES string of the molecule is CCCOc1c2cccc1Cc1cc(Br)cc(c1OCCC)Cc1cc(Br)cc(c1O)Cc1cccc(c1O)C2. The Bertz CT molecular complexity index is 1530. The minimum absolute atomic E-state index is 0.239. The minimum atomic E-state index is 0.239. The Morgan fingerprint density at radius 2 is 0.900 bits per heavy atom. The summed E-state index contributed by atoms with van der Waals surface area (Å²) >= 11 is 7.40. The van der Waals surface area contributed by atoms with E-state index in [4.69, 9.17) is 9.47 Å². The van der Waals surface area contributed by atoms with Crippen LogP contribution in [0.5, 0.6) is 23.0 Å². The Morgan fingerprint density at radius 1 is 0.550 bits per heavy atom. The molecule has 0 fully saturated rings. The molecule has 0 amide bonds. The van der Waals surface area contributed by atoms with E-state index in [2.05, 4.69) is 76.0 Å². The third kappa shape index (κ3) is 6.18. The van der Waals surface area contributed by atoms with Gasteiger partial charge in [-0.05, 0) is 70.5 Å². The molecular weight excluding hydrogens is 632 g/mol. The van der Waals surface area contributed by atoms with E-state index in [1.54, 1.807) is 0 Å². The van der Waals surface area contributed by atoms with Crippen molar-refractivity contribution < 1.29 is 19.7 Å². The van der Waals surface area contributed by atoms with E-state index in [0.717, 1.165) is 77.8 Å². The van der Waals surface area contributed by atoms with Crippen molar-refractivity contribution in [3.63, 3.8) is 0 Å². The maximum Gasteiger partial charge on any atom is 0.126 e. The molecule has 0 radical (unpaired) electrons. The van der Waals surface area contributed by atoms with Crippen LogP contribution in [0.3, 0.4) is 0 Å². The molecule has 4 nitrogen and oxygen atoms in total. The van der Waals surface area contributed by atoms with Gasteiger partial charge in [-0.3, -0.25) is 0 Å². The highest BCUT2D eigenvalue weighted by Crippen LogP contribution is 2.40. The van der Waals surface area contributed by atoms with Gasteiger partial charge in [-0.1, -0.05) is 82.1 Å². The maximum absolute atomic E-state index is 11.4. The summed E-state index contributed by atoms with van der Waals surface area (Å²) in [5.41, 5.74) is 7.32. The third-order valence-electron chi connectivity index (χ3n) is 7.25. The largest absolute Gasteiger partial charge is 0.507 e. The van der Waals surface area contributed by atoms with Gasteiger partial charge < -0.3 is 19.7 Å². The number of para-hydroxylation sites is 2. The molecule has 40 heavy (non-hydrogen) atoms. The lowest BCUT2D eigenvalue weighted by atomic mass is 9.91. The van der Waals surface area contributed by atoms with Crippen molar-refractivity contribution in [2.24, 2.45) is 0 Å². The van der Waals surface area contributed by atoms with Crippen LogP contribution in [0.4, 0.5) is 0 Å². The minimum Gasteiger partial charge on any atom is -0.507 e. The average molecular weight is 666 g/mol. The summed E-state index contributed by atoms with van der Waals surface area (Å²) in [6, 6.07) is 20.2. The van der Waals surface area contributed by atoms with Crippen LogP contribution < -0.4 is 9.47 Å². The van der Waals surface area contributed by atoms with E-state index in [0.29, 0.717) is 38.9 Å². The number of hydrogen-bond acceptors (Lipinski definition) is 4. The Labute approximate surface area is 253 Å². The molecule has 5 rings (SSSR count). The molecular formula is C34H34Br2O4. The number of aromatic hydroxyl groups is 2. The lowest BCUT2D eigenvalue weighted by Gasteiger charge is -2.21. The molecule has 2 N–H and O–H groups in total. The molecule has 8 bridgehead atoms. The van der Waals surface area contributed by atoms with Gasteiger partial charge in [0, 0.05) is 45.8 Å². The fourth-order valence-corrected chi connectivity index (χ4v) is 6.51. The van der Waals surface area contributed by atoms with Crippen LogP contribution in [-0.2, 0) is 25.7 Å². The van der Waals surface area contributed by atoms with Gasteiger partial charge in [0.15, 0.2) is 0 Å². The molecule has 6 heteroatoms. The topological polar surface area (TPSA) is 58.9 Å². The molecule has 1 aliphatic rings. The Hall–Kier alpha value is -2.96. The second kappa shape index (κ2) is 12.7. The molecule has 4 aromatic rings. The summed E-state index contributed by atoms with van der Waals surface area (Å²) in [5, 5.41) is 22.8. The standard InChI is InChI=1S/C34H34Br2O4/c1-3-11-39-33-23-9-6-10-24(33)15-27-19-30(36)20-28(34(27)40-12-4-2)16-26-18-29(35)17-25(32(26)38)14-22-8-5-7-21(13-23)31(22)37/h5-10,17-20,37-38H,3-4,11-16H2,1-2H3. The van der Waals surface area contributed by atoms with Gasteiger partial charge >= 0.3 is 0 Å². The molecule has 0 aliphatic heterocycles. The first kappa shape index (κ1) is 28.6. The maximum atomic E-state index is 11.4. The van der Waals surface area contributed by atoms with Gasteiger partial charge in [-0.2, -0.15) is 0 Å². The first-order chi connectivity index (χ1) is 19.4. The first-order valence-electron chi connectivity index (χ1n) is 13.9. The van der Waals surface area contributed by atoms with Crippen molar-refractivity contribution in [3.8, 4) is 23.0 Å². The summed E-state index contributed by atoms with van der Waals surface area (Å²) in [4.78, 5) is 0. The lowest BCUT2D eigenvalue weighted by molar-refractivity contribution is 0.308. The van der Waals surface area contributed by atoms with Crippen LogP contribution in [0.2, 0.25) is 0 Å². The van der Waals surface area contributed by atoms with Crippen LogP contribution in [0.25, 0.3) is 0 Å². The van der Waals surface area contributed by atoms with Crippen molar-refractivity contribution in [1.29, 1.82) is 0 Å². The molecule has 1 aliphatic carbocycles. The highest BCUT2D eigenvalue weighted by molar-refractivity contribution is 9.10. The van der Waals surface area contributed by atoms with Crippen molar-refractivity contribution >= 4 is 31.9 Å². The molecule has 0 heterocycles. The highest BCUT2D eigenvalue weighted by Gasteiger charge is 2.21. The average Bonchev–Trinajstić information content (AvgIpc) is 2.92. The molecule has 0 spiro atoms. The second-order valence-electron chi connectivity index (χ2n) is 10.4. The smallest absolute Gasteiger partial charge is 0.126 e. The van der Waals surface area contributed by atoms with Crippen molar-refractivity contribution in [2.75, 3.05) is 13.2 Å². The lowest BCUT2D eigenvalue weighted by Crippen LogP contribution is -2.08. The van der Waals surface area contributed by atoms with Gasteiger partial charge in [0.2, 0.25) is 0 Å². The fraction of sp³-hybridized carbons (Fsp3) is 0.294. The molecule has 0 saturated carbocycles. The first-order valence-corrected chi connectivity index (χ1v) is 15.4. The number of phenolic OH excluding ortho intramolecular Hbond substituents is 2. The number of fused-ring (bicyclic) bond motifs is 8. The Morgan fingerprint density at radius 3 is 1.40 bits per heavy atom. The van der Waals surface area contributed by atoms with Crippen molar-refractivity contribution in [3.05, 3.63) is 114 Å². The third-order valence-corrected chi connectivity index (χ3v) is 8.16. The second-order valence-corrected chi connectivity index (χ2v) is 12.2. The number of hydrogen-bond donors (Lipinski definition) is 2. The van der Waals surface area contributed by atoms with Crippen LogP contribution in [0.1, 0.15) is 71.2 Å². The Kier molecular flexibility index (Phi) is 9.07. The van der Waals surface area contributed by atoms with Crippen molar-refractivity contribution in [2.45, 2.75) is 52.4 Å². The summed E-state index contributed by atoms with van der Waals surface area (Å²) in [7, 11) is 0. The quantitative estimate of drug-likeness (QED) is 0.190. The molecule has 0 saturated heterocycles. The molecule has 0 atom stereocenters. The number of benzene rings is 4. The zero-order valence-electron chi connectivity index (χ0n) is 22.9. The highest BCUT2D eigenvalue weighted by atomic mass is 79.9. The predicted octanol–water partition coefficient (Wildman–Crippen LogP) is 8.88. The van der Waals surface area contributed by atoms with Gasteiger partial charge in [0.1, 0.15) is 23.0 Å². The molecule has 0 aromatic heterocycles. The summed E-state index contributed by atoms with van der Waals surface area (Å²) in [5.74, 6) is 2.22. The summed E-state index contributed by atoms with van der Waals surface area (Å²) in [6.45, 7) is 5.43. The van der Waals surface area contributed by atoms with Gasteiger partial charge in [0.05, 0.1) is 13.2 Å². The molecule has 208 valence electrons. The number of ether oxygens (including phenoxy) is 2. The number of rotatable bonds is 6. The van der Waals surface area contributed by atoms with Crippen LogP contribution in [-0.4, -0.2) is 23.4 Å². The summed E-state index contributed by atoms with van der Waals surface area (Å²) < 4.78 is 14.6. The van der Waals surface area contributed by atoms with Crippen molar-refractivity contribution in [1.82, 2.24) is 0 Å². The van der Waals surface area contributed by atoms with E-state index in [1.807, 2.05) is 30.3 Å². The molecule has 0 unspecified atom stereocenters. The van der Waals surface area contributed by atoms with Crippen LogP contribution >= 0.6 is 31.9 Å². The van der Waals surface area contributed by atoms with Crippen LogP contribution in [0.15, 0.2) is 69.6 Å².